The van der Waals surface area contributed by atoms with Crippen molar-refractivity contribution < 1.29 is 0 Å². The van der Waals surface area contributed by atoms with Crippen LogP contribution in [0.4, 0.5) is 0 Å². The number of hydrogen-bond acceptors (Lipinski definition) is 3. The van der Waals surface area contributed by atoms with Gasteiger partial charge in [-0.25, -0.2) is 15.0 Å². The fourth-order valence-corrected chi connectivity index (χ4v) is 0.205. The average Bonchev–Trinajstić information content (AvgIpc) is 1.72. The molecule has 0 saturated heterocycles. The van der Waals surface area contributed by atoms with Crippen LogP contribution in [0, 0.1) is 0 Å². The third kappa shape index (κ3) is 2.68. The van der Waals surface area contributed by atoms with Gasteiger partial charge in [0.05, 0.1) is 0 Å². The van der Waals surface area contributed by atoms with E-state index >= 15 is 0 Å². The Labute approximate surface area is 63.5 Å². The van der Waals surface area contributed by atoms with Gasteiger partial charge in [0, 0.05) is 29.6 Å². The maximum Gasteiger partial charge on any atom is 0.119 e. The Hall–Kier alpha value is 0.01000. The zero-order valence-corrected chi connectivity index (χ0v) is 6.07. The van der Waals surface area contributed by atoms with Gasteiger partial charge in [0.1, 0.15) is 19.0 Å². The molecule has 0 N–H and O–H groups in total. The van der Waals surface area contributed by atoms with Crippen LogP contribution in [0.1, 0.15) is 0 Å². The minimum Gasteiger partial charge on any atom is -0.225 e. The van der Waals surface area contributed by atoms with Crippen molar-refractivity contribution in [1.82, 2.24) is 15.0 Å². The first-order valence-electron chi connectivity index (χ1n) is 1.55. The Morgan fingerprint density at radius 3 is 1.14 bits per heavy atom. The molecule has 0 aliphatic heterocycles. The SMILES string of the molecule is [Na].c1ncncn1. The van der Waals surface area contributed by atoms with Crippen LogP contribution in [0.2, 0.25) is 0 Å². The first-order chi connectivity index (χ1) is 3.00. The van der Waals surface area contributed by atoms with Crippen LogP contribution in [0.15, 0.2) is 19.0 Å². The van der Waals surface area contributed by atoms with E-state index < -0.39 is 0 Å². The van der Waals surface area contributed by atoms with E-state index in [4.69, 9.17) is 0 Å². The number of aromatic nitrogens is 3. The van der Waals surface area contributed by atoms with Gasteiger partial charge in [-0.15, -0.1) is 0 Å². The van der Waals surface area contributed by atoms with E-state index in [1.807, 2.05) is 0 Å². The van der Waals surface area contributed by atoms with E-state index in [2.05, 4.69) is 15.0 Å². The van der Waals surface area contributed by atoms with E-state index in [0.717, 1.165) is 0 Å². The van der Waals surface area contributed by atoms with E-state index in [9.17, 15) is 0 Å². The molecule has 0 saturated carbocycles. The van der Waals surface area contributed by atoms with Crippen molar-refractivity contribution in [1.29, 1.82) is 0 Å². The summed E-state index contributed by atoms with van der Waals surface area (Å²) in [6.07, 6.45) is 4.31. The van der Waals surface area contributed by atoms with Crippen molar-refractivity contribution in [2.45, 2.75) is 0 Å². The molecule has 1 heterocycles. The summed E-state index contributed by atoms with van der Waals surface area (Å²) in [7, 11) is 0. The second-order valence-electron chi connectivity index (χ2n) is 0.794. The number of hydrogen-bond donors (Lipinski definition) is 0. The Balaban J connectivity index is 0.000000360. The molecule has 0 bridgehead atoms. The first-order valence-corrected chi connectivity index (χ1v) is 1.55. The predicted octanol–water partition coefficient (Wildman–Crippen LogP) is -0.509. The molecule has 0 aliphatic rings. The minimum absolute atomic E-state index is 0. The summed E-state index contributed by atoms with van der Waals surface area (Å²) in [6.45, 7) is 0. The van der Waals surface area contributed by atoms with Crippen molar-refractivity contribution in [2.75, 3.05) is 0 Å². The molecule has 0 spiro atoms. The monoisotopic (exact) mass is 104 g/mol. The maximum absolute atomic E-state index is 3.56. The van der Waals surface area contributed by atoms with Gasteiger partial charge in [0.15, 0.2) is 0 Å². The fourth-order valence-electron chi connectivity index (χ4n) is 0.205. The molecule has 4 heteroatoms. The van der Waals surface area contributed by atoms with Crippen molar-refractivity contribution in [3.63, 3.8) is 0 Å². The van der Waals surface area contributed by atoms with Crippen molar-refractivity contribution in [2.24, 2.45) is 0 Å². The second kappa shape index (κ2) is 4.18. The minimum atomic E-state index is 0. The molecular formula is C3H3N3Na. The van der Waals surface area contributed by atoms with Crippen LogP contribution in [-0.2, 0) is 0 Å². The zero-order chi connectivity index (χ0) is 4.24. The van der Waals surface area contributed by atoms with Gasteiger partial charge >= 0.3 is 0 Å². The summed E-state index contributed by atoms with van der Waals surface area (Å²) in [5.74, 6) is 0. The van der Waals surface area contributed by atoms with Crippen LogP contribution in [0.5, 0.6) is 0 Å². The summed E-state index contributed by atoms with van der Waals surface area (Å²) in [5, 5.41) is 0. The van der Waals surface area contributed by atoms with Gasteiger partial charge in [0.25, 0.3) is 0 Å². The first kappa shape index (κ1) is 7.01. The number of rotatable bonds is 0. The van der Waals surface area contributed by atoms with E-state index in [-0.39, 0.29) is 29.6 Å². The van der Waals surface area contributed by atoms with Gasteiger partial charge in [-0.1, -0.05) is 0 Å². The summed E-state index contributed by atoms with van der Waals surface area (Å²) in [5.41, 5.74) is 0. The summed E-state index contributed by atoms with van der Waals surface area (Å²) in [6, 6.07) is 0. The van der Waals surface area contributed by atoms with Crippen molar-refractivity contribution in [3.05, 3.63) is 19.0 Å². The normalized spacial score (nSPS) is 6.86. The molecule has 0 unspecified atom stereocenters. The van der Waals surface area contributed by atoms with Gasteiger partial charge < -0.3 is 0 Å². The number of nitrogens with zero attached hydrogens (tertiary/aromatic N) is 3. The molecule has 1 aromatic heterocycles. The molecule has 1 rings (SSSR count). The van der Waals surface area contributed by atoms with Gasteiger partial charge in [-0.3, -0.25) is 0 Å². The largest absolute Gasteiger partial charge is 0.225 e. The molecule has 1 aromatic rings. The third-order valence-electron chi connectivity index (χ3n) is 0.400. The van der Waals surface area contributed by atoms with Gasteiger partial charge in [-0.2, -0.15) is 0 Å². The van der Waals surface area contributed by atoms with Crippen LogP contribution in [0.25, 0.3) is 0 Å². The average molecular weight is 104 g/mol. The Bertz CT molecular complexity index is 82.1. The van der Waals surface area contributed by atoms with E-state index in [0.29, 0.717) is 0 Å². The smallest absolute Gasteiger partial charge is 0.119 e. The third-order valence-corrected chi connectivity index (χ3v) is 0.400. The van der Waals surface area contributed by atoms with Crippen LogP contribution in [-0.4, -0.2) is 44.5 Å². The quantitative estimate of drug-likeness (QED) is 0.416. The molecule has 1 radical (unpaired) electrons. The summed E-state index contributed by atoms with van der Waals surface area (Å²) >= 11 is 0. The molecule has 0 fully saturated rings. The van der Waals surface area contributed by atoms with Gasteiger partial charge in [-0.05, 0) is 0 Å². The van der Waals surface area contributed by atoms with Crippen LogP contribution < -0.4 is 0 Å². The van der Waals surface area contributed by atoms with Crippen LogP contribution >= 0.6 is 0 Å². The van der Waals surface area contributed by atoms with E-state index in [1.165, 1.54) is 19.0 Å². The molecule has 31 valence electrons. The molecular weight excluding hydrogens is 101 g/mol. The van der Waals surface area contributed by atoms with Gasteiger partial charge in [0.2, 0.25) is 0 Å². The topological polar surface area (TPSA) is 38.7 Å². The Morgan fingerprint density at radius 2 is 1.00 bits per heavy atom. The summed E-state index contributed by atoms with van der Waals surface area (Å²) < 4.78 is 0. The molecule has 7 heavy (non-hydrogen) atoms. The van der Waals surface area contributed by atoms with Crippen molar-refractivity contribution in [3.8, 4) is 0 Å². The second-order valence-corrected chi connectivity index (χ2v) is 0.794. The molecule has 0 amide bonds. The zero-order valence-electron chi connectivity index (χ0n) is 4.07. The standard InChI is InChI=1S/C3H3N3.Na/c1-4-2-6-3-5-1;/h1-3H;. The Morgan fingerprint density at radius 1 is 0.714 bits per heavy atom. The maximum atomic E-state index is 3.56. The Kier molecular flexibility index (Phi) is 4.18. The predicted molar refractivity (Wildman–Crippen MR) is 25.6 cm³/mol. The molecule has 0 aliphatic carbocycles. The molecule has 3 nitrogen and oxygen atoms in total. The van der Waals surface area contributed by atoms with E-state index in [1.54, 1.807) is 0 Å². The van der Waals surface area contributed by atoms with Crippen molar-refractivity contribution >= 4 is 29.6 Å². The van der Waals surface area contributed by atoms with Crippen LogP contribution in [0.3, 0.4) is 0 Å². The fraction of sp³-hybridized carbons (Fsp3) is 0. The molecule has 0 aromatic carbocycles. The summed E-state index contributed by atoms with van der Waals surface area (Å²) in [4.78, 5) is 10.7. The molecule has 0 atom stereocenters.